The topological polar surface area (TPSA) is 234 Å². The van der Waals surface area contributed by atoms with Crippen LogP contribution >= 0.6 is 0 Å². The van der Waals surface area contributed by atoms with Crippen molar-refractivity contribution in [1.82, 2.24) is 16.0 Å². The van der Waals surface area contributed by atoms with Crippen LogP contribution in [-0.4, -0.2) is 81.8 Å². The molecule has 13 nitrogen and oxygen atoms in total. The average Bonchev–Trinajstić information content (AvgIpc) is 2.54. The minimum Gasteiger partial charge on any atom is -0.480 e. The fourth-order valence-electron chi connectivity index (χ4n) is 1.82. The number of carbonyl (C=O) groups is 5. The lowest BCUT2D eigenvalue weighted by Crippen LogP contribution is -2.59. The van der Waals surface area contributed by atoms with Crippen LogP contribution in [0, 0.1) is 0 Å². The maximum absolute atomic E-state index is 12.2. The molecule has 0 aliphatic heterocycles. The smallest absolute Gasteiger partial charge is 0.328 e. The Labute approximate surface area is 154 Å². The van der Waals surface area contributed by atoms with Gasteiger partial charge in [-0.2, -0.15) is 0 Å². The van der Waals surface area contributed by atoms with Crippen LogP contribution in [0.25, 0.3) is 0 Å². The number of primary amides is 1. The first-order valence-corrected chi connectivity index (χ1v) is 7.87. The van der Waals surface area contributed by atoms with E-state index in [-0.39, 0.29) is 0 Å². The number of amides is 4. The fourth-order valence-corrected chi connectivity index (χ4v) is 1.82. The maximum atomic E-state index is 12.2. The Morgan fingerprint density at radius 3 is 1.78 bits per heavy atom. The van der Waals surface area contributed by atoms with E-state index in [1.54, 1.807) is 0 Å². The van der Waals surface area contributed by atoms with Gasteiger partial charge < -0.3 is 42.7 Å². The van der Waals surface area contributed by atoms with E-state index in [0.717, 1.165) is 6.92 Å². The molecule has 0 heterocycles. The van der Waals surface area contributed by atoms with E-state index in [4.69, 9.17) is 16.6 Å². The van der Waals surface area contributed by atoms with Crippen molar-refractivity contribution in [2.24, 2.45) is 11.5 Å². The molecule has 5 atom stereocenters. The first-order chi connectivity index (χ1) is 12.4. The molecular weight excluding hydrogens is 366 g/mol. The van der Waals surface area contributed by atoms with E-state index in [9.17, 15) is 34.2 Å². The lowest BCUT2D eigenvalue weighted by molar-refractivity contribution is -0.145. The molecule has 0 aliphatic carbocycles. The SMILES string of the molecule is CC(N)C(=O)NC(CO)C(=O)NC(CC(N)=O)C(=O)NC(C(=O)O)C(C)O. The second kappa shape index (κ2) is 11.1. The predicted octanol–water partition coefficient (Wildman–Crippen LogP) is -4.88. The molecule has 0 saturated heterocycles. The molecule has 0 aliphatic rings. The number of rotatable bonds is 11. The third-order valence-electron chi connectivity index (χ3n) is 3.31. The van der Waals surface area contributed by atoms with Crippen LogP contribution in [0.15, 0.2) is 0 Å². The van der Waals surface area contributed by atoms with Gasteiger partial charge in [0.25, 0.3) is 0 Å². The normalized spacial score (nSPS) is 16.2. The molecule has 5 unspecified atom stereocenters. The van der Waals surface area contributed by atoms with Crippen molar-refractivity contribution in [1.29, 1.82) is 0 Å². The van der Waals surface area contributed by atoms with Gasteiger partial charge in [-0.3, -0.25) is 19.2 Å². The summed E-state index contributed by atoms with van der Waals surface area (Å²) >= 11 is 0. The molecule has 0 fully saturated rings. The monoisotopic (exact) mass is 391 g/mol. The maximum Gasteiger partial charge on any atom is 0.328 e. The van der Waals surface area contributed by atoms with Crippen molar-refractivity contribution in [3.8, 4) is 0 Å². The van der Waals surface area contributed by atoms with Crippen LogP contribution in [0.2, 0.25) is 0 Å². The van der Waals surface area contributed by atoms with E-state index >= 15 is 0 Å². The van der Waals surface area contributed by atoms with Gasteiger partial charge in [0.2, 0.25) is 23.6 Å². The van der Waals surface area contributed by atoms with Gasteiger partial charge in [0.1, 0.15) is 12.1 Å². The summed E-state index contributed by atoms with van der Waals surface area (Å²) in [6.45, 7) is 1.62. The van der Waals surface area contributed by atoms with Crippen LogP contribution in [0.3, 0.4) is 0 Å². The molecule has 13 heteroatoms. The Balaban J connectivity index is 5.25. The van der Waals surface area contributed by atoms with E-state index in [1.807, 2.05) is 5.32 Å². The van der Waals surface area contributed by atoms with Crippen LogP contribution in [0.4, 0.5) is 0 Å². The summed E-state index contributed by atoms with van der Waals surface area (Å²) in [5.74, 6) is -5.41. The third kappa shape index (κ3) is 8.44. The lowest BCUT2D eigenvalue weighted by atomic mass is 10.1. The summed E-state index contributed by atoms with van der Waals surface area (Å²) in [5.41, 5.74) is 10.4. The number of hydrogen-bond donors (Lipinski definition) is 8. The van der Waals surface area contributed by atoms with Crippen molar-refractivity contribution >= 4 is 29.6 Å². The molecule has 27 heavy (non-hydrogen) atoms. The van der Waals surface area contributed by atoms with Crippen LogP contribution in [0.5, 0.6) is 0 Å². The molecule has 0 aromatic carbocycles. The highest BCUT2D eigenvalue weighted by molar-refractivity contribution is 5.96. The van der Waals surface area contributed by atoms with Crippen molar-refractivity contribution in [3.05, 3.63) is 0 Å². The minimum atomic E-state index is -1.70. The highest BCUT2D eigenvalue weighted by Crippen LogP contribution is 1.99. The second-order valence-electron chi connectivity index (χ2n) is 5.83. The number of hydrogen-bond acceptors (Lipinski definition) is 8. The number of aliphatic carboxylic acids is 1. The van der Waals surface area contributed by atoms with Gasteiger partial charge in [-0.05, 0) is 13.8 Å². The molecule has 0 spiro atoms. The van der Waals surface area contributed by atoms with Crippen LogP contribution < -0.4 is 27.4 Å². The van der Waals surface area contributed by atoms with Crippen molar-refractivity contribution in [2.45, 2.75) is 50.5 Å². The molecule has 10 N–H and O–H groups in total. The van der Waals surface area contributed by atoms with Gasteiger partial charge in [0, 0.05) is 0 Å². The summed E-state index contributed by atoms with van der Waals surface area (Å²) in [6, 6.07) is -5.74. The Hall–Kier alpha value is -2.77. The first kappa shape index (κ1) is 24.2. The number of nitrogens with one attached hydrogen (secondary N) is 3. The van der Waals surface area contributed by atoms with Gasteiger partial charge >= 0.3 is 5.97 Å². The summed E-state index contributed by atoms with van der Waals surface area (Å²) in [4.78, 5) is 58.1. The van der Waals surface area contributed by atoms with Gasteiger partial charge in [-0.15, -0.1) is 0 Å². The number of carbonyl (C=O) groups excluding carboxylic acids is 4. The number of aliphatic hydroxyl groups is 2. The third-order valence-corrected chi connectivity index (χ3v) is 3.31. The molecule has 0 aromatic rings. The van der Waals surface area contributed by atoms with Crippen molar-refractivity contribution < 1.29 is 39.3 Å². The Morgan fingerprint density at radius 2 is 1.41 bits per heavy atom. The Bertz CT molecular complexity index is 580. The van der Waals surface area contributed by atoms with Gasteiger partial charge in [-0.1, -0.05) is 0 Å². The van der Waals surface area contributed by atoms with Crippen molar-refractivity contribution in [3.63, 3.8) is 0 Å². The molecule has 0 radical (unpaired) electrons. The Morgan fingerprint density at radius 1 is 0.926 bits per heavy atom. The molecule has 4 amide bonds. The van der Waals surface area contributed by atoms with E-state index in [2.05, 4.69) is 10.6 Å². The standard InChI is InChI=1S/C14H25N5O8/c1-5(15)11(23)18-8(4-20)13(25)17-7(3-9(16)22)12(24)19-10(6(2)21)14(26)27/h5-8,10,20-21H,3-4,15H2,1-2H3,(H2,16,22)(H,17,25)(H,18,23)(H,19,24)(H,26,27). The predicted molar refractivity (Wildman–Crippen MR) is 89.7 cm³/mol. The highest BCUT2D eigenvalue weighted by Gasteiger charge is 2.32. The number of aliphatic hydroxyl groups excluding tert-OH is 2. The molecule has 154 valence electrons. The van der Waals surface area contributed by atoms with Gasteiger partial charge in [0.05, 0.1) is 25.2 Å². The Kier molecular flexibility index (Phi) is 9.92. The molecule has 0 aromatic heterocycles. The summed E-state index contributed by atoms with van der Waals surface area (Å²) in [6.07, 6.45) is -2.16. The lowest BCUT2D eigenvalue weighted by Gasteiger charge is -2.24. The minimum absolute atomic E-state index is 0.691. The zero-order chi connectivity index (χ0) is 21.3. The molecule has 0 rings (SSSR count). The van der Waals surface area contributed by atoms with Gasteiger partial charge in [0.15, 0.2) is 6.04 Å². The number of carboxylic acids is 1. The zero-order valence-corrected chi connectivity index (χ0v) is 14.8. The largest absolute Gasteiger partial charge is 0.480 e. The second-order valence-corrected chi connectivity index (χ2v) is 5.83. The van der Waals surface area contributed by atoms with E-state index < -0.39 is 72.9 Å². The van der Waals surface area contributed by atoms with Gasteiger partial charge in [-0.25, -0.2) is 4.79 Å². The van der Waals surface area contributed by atoms with E-state index in [0.29, 0.717) is 0 Å². The van der Waals surface area contributed by atoms with Crippen molar-refractivity contribution in [2.75, 3.05) is 6.61 Å². The highest BCUT2D eigenvalue weighted by atomic mass is 16.4. The zero-order valence-electron chi connectivity index (χ0n) is 14.8. The number of carboxylic acid groups (broad SMARTS) is 1. The molecule has 0 saturated carbocycles. The van der Waals surface area contributed by atoms with Crippen LogP contribution in [-0.2, 0) is 24.0 Å². The fraction of sp³-hybridized carbons (Fsp3) is 0.643. The number of nitrogens with two attached hydrogens (primary N) is 2. The summed E-state index contributed by atoms with van der Waals surface area (Å²) < 4.78 is 0. The summed E-state index contributed by atoms with van der Waals surface area (Å²) in [7, 11) is 0. The first-order valence-electron chi connectivity index (χ1n) is 7.87. The van der Waals surface area contributed by atoms with Crippen LogP contribution in [0.1, 0.15) is 20.3 Å². The quantitative estimate of drug-likeness (QED) is 0.168. The molecule has 0 bridgehead atoms. The molecular formula is C14H25N5O8. The van der Waals surface area contributed by atoms with E-state index in [1.165, 1.54) is 6.92 Å². The average molecular weight is 391 g/mol. The summed E-state index contributed by atoms with van der Waals surface area (Å²) in [5, 5.41) is 33.8.